The van der Waals surface area contributed by atoms with Gasteiger partial charge in [-0.2, -0.15) is 26.3 Å². The molecule has 0 bridgehead atoms. The minimum Gasteiger partial charge on any atom is -0.166 e. The van der Waals surface area contributed by atoms with Gasteiger partial charge in [0, 0.05) is 5.25 Å². The molecule has 0 aromatic rings. The van der Waals surface area contributed by atoms with Gasteiger partial charge in [0.1, 0.15) is 0 Å². The predicted octanol–water partition coefficient (Wildman–Crippen LogP) is 4.56. The van der Waals surface area contributed by atoms with Crippen molar-refractivity contribution in [1.82, 2.24) is 0 Å². The van der Waals surface area contributed by atoms with Gasteiger partial charge in [0.05, 0.1) is 0 Å². The third-order valence-electron chi connectivity index (χ3n) is 0.777. The maximum absolute atomic E-state index is 11.9. The van der Waals surface area contributed by atoms with Gasteiger partial charge in [-0.3, -0.25) is 0 Å². The van der Waals surface area contributed by atoms with E-state index in [-0.39, 0.29) is 11.4 Å². The molecule has 0 rings (SSSR count). The van der Waals surface area contributed by atoms with Gasteiger partial charge in [-0.15, -0.1) is 11.4 Å². The second kappa shape index (κ2) is 4.26. The fraction of sp³-hybridized carbons (Fsp3) is 1.00. The molecule has 0 radical (unpaired) electrons. The van der Waals surface area contributed by atoms with Crippen LogP contribution in [0.4, 0.5) is 26.3 Å². The molecule has 0 N–H and O–H groups in total. The summed E-state index contributed by atoms with van der Waals surface area (Å²) in [5, 5.41) is -0.686. The predicted molar refractivity (Wildman–Crippen MR) is 41.8 cm³/mol. The van der Waals surface area contributed by atoms with Gasteiger partial charge in [-0.1, -0.05) is 13.8 Å². The fourth-order valence-electron chi connectivity index (χ4n) is 0.474. The molecule has 0 heterocycles. The smallest absolute Gasteiger partial charge is 0.166 e. The molecule has 8 heteroatoms. The zero-order valence-corrected chi connectivity index (χ0v) is 8.41. The monoisotopic (exact) mass is 244 g/mol. The first-order chi connectivity index (χ1) is 5.55. The molecule has 0 nitrogen and oxygen atoms in total. The molecule has 0 aliphatic carbocycles. The van der Waals surface area contributed by atoms with Crippen LogP contribution in [0.2, 0.25) is 0 Å². The molecule has 13 heavy (non-hydrogen) atoms. The summed E-state index contributed by atoms with van der Waals surface area (Å²) in [7, 11) is -3.97. The number of hydrogen-bond donors (Lipinski definition) is 0. The Labute approximate surface area is 76.6 Å². The van der Waals surface area contributed by atoms with Gasteiger partial charge >= 0.3 is 11.8 Å². The summed E-state index contributed by atoms with van der Waals surface area (Å²) in [5.41, 5.74) is 0. The Morgan fingerprint density at radius 3 is 1.31 bits per heavy atom. The first-order valence-electron chi connectivity index (χ1n) is 3.15. The highest BCUT2D eigenvalue weighted by Crippen LogP contribution is 2.73. The van der Waals surface area contributed by atoms with Crippen LogP contribution >= 0.6 is 18.5 Å². The Hall–Kier alpha value is 0.360. The van der Waals surface area contributed by atoms with E-state index >= 15 is 0 Å². The normalized spacial score (nSPS) is 14.3. The van der Waals surface area contributed by atoms with Crippen molar-refractivity contribution in [1.29, 1.82) is 0 Å². The third-order valence-corrected chi connectivity index (χ3v) is 5.47. The van der Waals surface area contributed by atoms with Crippen molar-refractivity contribution in [2.45, 2.75) is 30.9 Å². The van der Waals surface area contributed by atoms with Gasteiger partial charge in [0.2, 0.25) is 0 Å². The van der Waals surface area contributed by atoms with Crippen LogP contribution < -0.4 is 0 Å². The Morgan fingerprint density at radius 1 is 0.923 bits per heavy atom. The van der Waals surface area contributed by atoms with Gasteiger partial charge in [0.25, 0.3) is 0 Å². The summed E-state index contributed by atoms with van der Waals surface area (Å²) in [6.07, 6.45) is 0. The average Bonchev–Trinajstić information content (AvgIpc) is 1.77. The topological polar surface area (TPSA) is 0 Å². The van der Waals surface area contributed by atoms with E-state index in [1.54, 1.807) is 0 Å². The third kappa shape index (κ3) is 4.96. The lowest BCUT2D eigenvalue weighted by Crippen LogP contribution is -2.16. The molecule has 0 fully saturated rings. The molecule has 0 aromatic heterocycles. The molecule has 0 spiro atoms. The summed E-state index contributed by atoms with van der Waals surface area (Å²) < 4.78 is 71.2. The minimum absolute atomic E-state index is 0.0718. The minimum atomic E-state index is -5.16. The molecular weight excluding hydrogens is 237 g/mol. The number of hydrogen-bond acceptors (Lipinski definition) is 1. The SMILES string of the molecule is CC(C)SP(C(F)(F)F)C(F)(F)F. The van der Waals surface area contributed by atoms with E-state index in [2.05, 4.69) is 0 Å². The van der Waals surface area contributed by atoms with Gasteiger partial charge in [0.15, 0.2) is 7.12 Å². The number of halogens is 6. The summed E-state index contributed by atoms with van der Waals surface area (Å²) >= 11 is -0.0718. The van der Waals surface area contributed by atoms with Crippen molar-refractivity contribution in [3.63, 3.8) is 0 Å². The van der Waals surface area contributed by atoms with Crippen molar-refractivity contribution in [2.75, 3.05) is 0 Å². The lowest BCUT2D eigenvalue weighted by Gasteiger charge is -2.23. The number of alkyl halides is 6. The largest absolute Gasteiger partial charge is 0.423 e. The van der Waals surface area contributed by atoms with Gasteiger partial charge < -0.3 is 0 Å². The van der Waals surface area contributed by atoms with Crippen LogP contribution in [-0.2, 0) is 0 Å². The molecule has 0 aliphatic rings. The van der Waals surface area contributed by atoms with E-state index in [1.807, 2.05) is 0 Å². The number of rotatable bonds is 2. The van der Waals surface area contributed by atoms with E-state index in [0.717, 1.165) is 0 Å². The molecule has 0 saturated carbocycles. The Balaban J connectivity index is 4.58. The zero-order valence-electron chi connectivity index (χ0n) is 6.70. The highest BCUT2D eigenvalue weighted by molar-refractivity contribution is 8.56. The summed E-state index contributed by atoms with van der Waals surface area (Å²) in [6, 6.07) is 0. The molecule has 0 atom stereocenters. The van der Waals surface area contributed by atoms with Crippen molar-refractivity contribution >= 4 is 18.5 Å². The molecule has 0 unspecified atom stereocenters. The maximum Gasteiger partial charge on any atom is 0.423 e. The molecule has 0 amide bonds. The van der Waals surface area contributed by atoms with Crippen molar-refractivity contribution in [2.24, 2.45) is 0 Å². The molecule has 0 aromatic carbocycles. The quantitative estimate of drug-likeness (QED) is 0.506. The first kappa shape index (κ1) is 13.4. The standard InChI is InChI=1S/C5H7F6PS/c1-3(2)13-12(4(6,7)8)5(9,10)11/h3H,1-2H3. The molecular formula is C5H7F6PS. The fourth-order valence-corrected chi connectivity index (χ4v) is 3.40. The Kier molecular flexibility index (Phi) is 4.37. The average molecular weight is 244 g/mol. The van der Waals surface area contributed by atoms with Gasteiger partial charge in [-0.25, -0.2) is 0 Å². The second-order valence-electron chi connectivity index (χ2n) is 2.38. The summed E-state index contributed by atoms with van der Waals surface area (Å²) in [5.74, 6) is -10.3. The van der Waals surface area contributed by atoms with Crippen LogP contribution in [0.5, 0.6) is 0 Å². The van der Waals surface area contributed by atoms with Crippen LogP contribution in [0, 0.1) is 0 Å². The van der Waals surface area contributed by atoms with E-state index in [1.165, 1.54) is 13.8 Å². The van der Waals surface area contributed by atoms with E-state index in [4.69, 9.17) is 0 Å². The van der Waals surface area contributed by atoms with Crippen LogP contribution in [0.1, 0.15) is 13.8 Å². The zero-order chi connectivity index (χ0) is 10.9. The van der Waals surface area contributed by atoms with Crippen molar-refractivity contribution in [3.05, 3.63) is 0 Å². The van der Waals surface area contributed by atoms with Crippen LogP contribution in [0.3, 0.4) is 0 Å². The van der Waals surface area contributed by atoms with Crippen LogP contribution in [-0.4, -0.2) is 17.1 Å². The van der Waals surface area contributed by atoms with E-state index in [0.29, 0.717) is 0 Å². The lowest BCUT2D eigenvalue weighted by atomic mass is 10.6. The van der Waals surface area contributed by atoms with Crippen molar-refractivity contribution in [3.8, 4) is 0 Å². The summed E-state index contributed by atoms with van der Waals surface area (Å²) in [4.78, 5) is 0. The first-order valence-corrected chi connectivity index (χ1v) is 5.98. The highest BCUT2D eigenvalue weighted by Gasteiger charge is 2.57. The molecule has 80 valence electrons. The van der Waals surface area contributed by atoms with Crippen molar-refractivity contribution < 1.29 is 26.3 Å². The lowest BCUT2D eigenvalue weighted by molar-refractivity contribution is -0.0793. The second-order valence-corrected chi connectivity index (χ2v) is 6.87. The summed E-state index contributed by atoms with van der Waals surface area (Å²) in [6.45, 7) is 2.61. The van der Waals surface area contributed by atoms with Crippen LogP contribution in [0.25, 0.3) is 0 Å². The highest BCUT2D eigenvalue weighted by atomic mass is 32.7. The Morgan fingerprint density at radius 2 is 1.23 bits per heavy atom. The molecule has 0 saturated heterocycles. The van der Waals surface area contributed by atoms with Gasteiger partial charge in [-0.05, 0) is 0 Å². The van der Waals surface area contributed by atoms with Crippen LogP contribution in [0.15, 0.2) is 0 Å². The van der Waals surface area contributed by atoms with E-state index < -0.39 is 24.2 Å². The maximum atomic E-state index is 11.9. The Bertz CT molecular complexity index is 147. The molecule has 0 aliphatic heterocycles. The van der Waals surface area contributed by atoms with E-state index in [9.17, 15) is 26.3 Å².